The maximum absolute atomic E-state index is 8.93. The van der Waals surface area contributed by atoms with Crippen molar-refractivity contribution in [3.63, 3.8) is 0 Å². The van der Waals surface area contributed by atoms with Crippen molar-refractivity contribution in [2.75, 3.05) is 25.1 Å². The first-order valence-electron chi connectivity index (χ1n) is 4.65. The van der Waals surface area contributed by atoms with Crippen LogP contribution in [-0.4, -0.2) is 36.3 Å². The van der Waals surface area contributed by atoms with E-state index in [0.29, 0.717) is 0 Å². The maximum Gasteiger partial charge on any atom is 0.0636 e. The minimum Gasteiger partial charge on any atom is -0.392 e. The fraction of sp³-hybridized carbons (Fsp3) is 1.00. The molecule has 0 saturated carbocycles. The molecule has 0 spiro atoms. The molecule has 12 heavy (non-hydrogen) atoms. The second-order valence-corrected chi connectivity index (χ2v) is 4.09. The van der Waals surface area contributed by atoms with E-state index in [1.807, 2.05) is 11.8 Å². The zero-order valence-corrected chi connectivity index (χ0v) is 8.99. The van der Waals surface area contributed by atoms with Crippen molar-refractivity contribution < 1.29 is 5.11 Å². The van der Waals surface area contributed by atoms with Crippen LogP contribution >= 0.6 is 11.8 Å². The Balaban J connectivity index is 2.82. The van der Waals surface area contributed by atoms with Gasteiger partial charge in [-0.2, -0.15) is 11.8 Å². The van der Waals surface area contributed by atoms with Gasteiger partial charge in [0.05, 0.1) is 6.10 Å². The predicted molar refractivity (Wildman–Crippen MR) is 56.8 cm³/mol. The second kappa shape index (κ2) is 9.36. The highest BCUT2D eigenvalue weighted by Gasteiger charge is 1.93. The summed E-state index contributed by atoms with van der Waals surface area (Å²) in [6, 6.07) is 0. The normalized spacial score (nSPS) is 13.2. The molecule has 0 radical (unpaired) electrons. The van der Waals surface area contributed by atoms with E-state index >= 15 is 0 Å². The summed E-state index contributed by atoms with van der Waals surface area (Å²) in [4.78, 5) is 0. The molecule has 0 amide bonds. The first-order valence-corrected chi connectivity index (χ1v) is 6.04. The number of thioether (sulfide) groups is 1. The van der Waals surface area contributed by atoms with Crippen molar-refractivity contribution >= 4 is 11.8 Å². The highest BCUT2D eigenvalue weighted by molar-refractivity contribution is 7.98. The molecule has 0 aromatic rings. The van der Waals surface area contributed by atoms with Gasteiger partial charge in [0.2, 0.25) is 0 Å². The summed E-state index contributed by atoms with van der Waals surface area (Å²) in [6.45, 7) is 3.57. The van der Waals surface area contributed by atoms with Gasteiger partial charge in [-0.1, -0.05) is 6.42 Å². The second-order valence-electron chi connectivity index (χ2n) is 3.11. The van der Waals surface area contributed by atoms with E-state index in [2.05, 4.69) is 11.6 Å². The SMILES string of the molecule is CSCCCCCNCC(C)O. The molecule has 0 aliphatic carbocycles. The van der Waals surface area contributed by atoms with Gasteiger partial charge >= 0.3 is 0 Å². The maximum atomic E-state index is 8.93. The highest BCUT2D eigenvalue weighted by atomic mass is 32.2. The van der Waals surface area contributed by atoms with Gasteiger partial charge in [-0.3, -0.25) is 0 Å². The van der Waals surface area contributed by atoms with E-state index in [0.717, 1.165) is 13.1 Å². The van der Waals surface area contributed by atoms with Gasteiger partial charge in [-0.15, -0.1) is 0 Å². The Morgan fingerprint density at radius 3 is 2.67 bits per heavy atom. The Hall–Kier alpha value is 0.270. The van der Waals surface area contributed by atoms with E-state index in [9.17, 15) is 0 Å². The number of hydrogen-bond donors (Lipinski definition) is 2. The standard InChI is InChI=1S/C9H21NOS/c1-9(11)8-10-6-4-3-5-7-12-2/h9-11H,3-8H2,1-2H3. The Morgan fingerprint density at radius 2 is 2.08 bits per heavy atom. The summed E-state index contributed by atoms with van der Waals surface area (Å²) < 4.78 is 0. The third kappa shape index (κ3) is 10.3. The van der Waals surface area contributed by atoms with Crippen LogP contribution in [0.4, 0.5) is 0 Å². The van der Waals surface area contributed by atoms with Crippen LogP contribution in [0.25, 0.3) is 0 Å². The fourth-order valence-electron chi connectivity index (χ4n) is 0.984. The van der Waals surface area contributed by atoms with E-state index in [-0.39, 0.29) is 6.10 Å². The van der Waals surface area contributed by atoms with E-state index < -0.39 is 0 Å². The molecule has 0 aliphatic heterocycles. The molecule has 3 heteroatoms. The van der Waals surface area contributed by atoms with Crippen molar-refractivity contribution in [2.45, 2.75) is 32.3 Å². The molecule has 74 valence electrons. The lowest BCUT2D eigenvalue weighted by molar-refractivity contribution is 0.191. The van der Waals surface area contributed by atoms with Crippen LogP contribution in [0.2, 0.25) is 0 Å². The number of rotatable bonds is 8. The largest absolute Gasteiger partial charge is 0.392 e. The molecule has 2 nitrogen and oxygen atoms in total. The average molecular weight is 191 g/mol. The number of hydrogen-bond acceptors (Lipinski definition) is 3. The van der Waals surface area contributed by atoms with Gasteiger partial charge in [-0.05, 0) is 38.3 Å². The molecule has 1 atom stereocenters. The van der Waals surface area contributed by atoms with Gasteiger partial charge < -0.3 is 10.4 Å². The summed E-state index contributed by atoms with van der Waals surface area (Å²) in [6.07, 6.45) is 5.78. The zero-order valence-electron chi connectivity index (χ0n) is 8.18. The smallest absolute Gasteiger partial charge is 0.0636 e. The van der Waals surface area contributed by atoms with Gasteiger partial charge in [0.1, 0.15) is 0 Å². The molecular weight excluding hydrogens is 170 g/mol. The zero-order chi connectivity index (χ0) is 9.23. The lowest BCUT2D eigenvalue weighted by Crippen LogP contribution is -2.25. The van der Waals surface area contributed by atoms with Crippen molar-refractivity contribution in [1.29, 1.82) is 0 Å². The number of nitrogens with one attached hydrogen (secondary N) is 1. The van der Waals surface area contributed by atoms with Gasteiger partial charge in [-0.25, -0.2) is 0 Å². The van der Waals surface area contributed by atoms with Crippen LogP contribution in [0.1, 0.15) is 26.2 Å². The molecule has 0 heterocycles. The minimum atomic E-state index is -0.212. The molecule has 0 fully saturated rings. The Bertz CT molecular complexity index is 88.6. The summed E-state index contributed by atoms with van der Waals surface area (Å²) in [5.41, 5.74) is 0. The molecule has 0 aliphatic rings. The number of aliphatic hydroxyl groups is 1. The fourth-order valence-corrected chi connectivity index (χ4v) is 1.48. The van der Waals surface area contributed by atoms with Crippen LogP contribution in [0, 0.1) is 0 Å². The molecule has 0 aromatic carbocycles. The topological polar surface area (TPSA) is 32.3 Å². The van der Waals surface area contributed by atoms with Crippen molar-refractivity contribution in [3.8, 4) is 0 Å². The number of unbranched alkanes of at least 4 members (excludes halogenated alkanes) is 2. The molecule has 0 rings (SSSR count). The molecule has 0 bridgehead atoms. The first-order chi connectivity index (χ1) is 5.77. The van der Waals surface area contributed by atoms with Crippen molar-refractivity contribution in [1.82, 2.24) is 5.32 Å². The minimum absolute atomic E-state index is 0.212. The summed E-state index contributed by atoms with van der Waals surface area (Å²) in [5.74, 6) is 1.27. The Morgan fingerprint density at radius 1 is 1.33 bits per heavy atom. The molecule has 0 saturated heterocycles. The highest BCUT2D eigenvalue weighted by Crippen LogP contribution is 2.00. The van der Waals surface area contributed by atoms with Crippen LogP contribution in [0.15, 0.2) is 0 Å². The third-order valence-corrected chi connectivity index (χ3v) is 2.34. The quantitative estimate of drug-likeness (QED) is 0.570. The third-order valence-electron chi connectivity index (χ3n) is 1.64. The van der Waals surface area contributed by atoms with Crippen molar-refractivity contribution in [3.05, 3.63) is 0 Å². The summed E-state index contributed by atoms with van der Waals surface area (Å²) in [7, 11) is 0. The van der Waals surface area contributed by atoms with Crippen molar-refractivity contribution in [2.24, 2.45) is 0 Å². The van der Waals surface area contributed by atoms with E-state index in [1.54, 1.807) is 6.92 Å². The van der Waals surface area contributed by atoms with Gasteiger partial charge in [0.15, 0.2) is 0 Å². The Labute approximate surface area is 80.1 Å². The molecule has 0 aromatic heterocycles. The molecule has 2 N–H and O–H groups in total. The Kier molecular flexibility index (Phi) is 9.57. The average Bonchev–Trinajstić information content (AvgIpc) is 2.02. The van der Waals surface area contributed by atoms with Crippen LogP contribution in [0.3, 0.4) is 0 Å². The lowest BCUT2D eigenvalue weighted by atomic mass is 10.2. The summed E-state index contributed by atoms with van der Waals surface area (Å²) >= 11 is 1.91. The van der Waals surface area contributed by atoms with Crippen LogP contribution < -0.4 is 5.32 Å². The predicted octanol–water partition coefficient (Wildman–Crippen LogP) is 1.49. The first kappa shape index (κ1) is 12.3. The molecular formula is C9H21NOS. The number of aliphatic hydroxyl groups excluding tert-OH is 1. The van der Waals surface area contributed by atoms with Gasteiger partial charge in [0.25, 0.3) is 0 Å². The molecule has 1 unspecified atom stereocenters. The monoisotopic (exact) mass is 191 g/mol. The van der Waals surface area contributed by atoms with Gasteiger partial charge in [0, 0.05) is 6.54 Å². The van der Waals surface area contributed by atoms with Crippen LogP contribution in [-0.2, 0) is 0 Å². The summed E-state index contributed by atoms with van der Waals surface area (Å²) in [5, 5.41) is 12.1. The van der Waals surface area contributed by atoms with E-state index in [1.165, 1.54) is 25.0 Å². The van der Waals surface area contributed by atoms with E-state index in [4.69, 9.17) is 5.11 Å². The van der Waals surface area contributed by atoms with Crippen LogP contribution in [0.5, 0.6) is 0 Å². The lowest BCUT2D eigenvalue weighted by Gasteiger charge is -2.05.